The van der Waals surface area contributed by atoms with Gasteiger partial charge in [0, 0.05) is 36.5 Å². The molecule has 3 rings (SSSR count). The molecule has 0 unspecified atom stereocenters. The summed E-state index contributed by atoms with van der Waals surface area (Å²) in [5.41, 5.74) is 3.73. The van der Waals surface area contributed by atoms with Crippen molar-refractivity contribution in [3.05, 3.63) is 57.6 Å². The number of nitrogens with zero attached hydrogens (tertiary/aromatic N) is 4. The van der Waals surface area contributed by atoms with Crippen molar-refractivity contribution in [1.82, 2.24) is 24.9 Å². The molecule has 0 fully saturated rings. The van der Waals surface area contributed by atoms with E-state index < -0.39 is 0 Å². The summed E-state index contributed by atoms with van der Waals surface area (Å²) in [5, 5.41) is 11.5. The highest BCUT2D eigenvalue weighted by Crippen LogP contribution is 2.31. The SMILES string of the molecule is COc1ccc(-c2ccc(=O)n(CC(=O)NCc3c(C)nn(C)c3C)n2)cc1OC. The number of aromatic nitrogens is 4. The zero-order valence-corrected chi connectivity index (χ0v) is 17.7. The zero-order chi connectivity index (χ0) is 21.8. The lowest BCUT2D eigenvalue weighted by Crippen LogP contribution is -2.33. The maximum atomic E-state index is 12.4. The molecule has 0 bridgehead atoms. The van der Waals surface area contributed by atoms with Crippen LogP contribution < -0.4 is 20.3 Å². The van der Waals surface area contributed by atoms with Crippen LogP contribution in [0.5, 0.6) is 11.5 Å². The monoisotopic (exact) mass is 411 g/mol. The first-order chi connectivity index (χ1) is 14.3. The van der Waals surface area contributed by atoms with E-state index in [-0.39, 0.29) is 18.0 Å². The van der Waals surface area contributed by atoms with E-state index in [2.05, 4.69) is 15.5 Å². The van der Waals surface area contributed by atoms with Gasteiger partial charge < -0.3 is 14.8 Å². The second-order valence-electron chi connectivity index (χ2n) is 6.83. The molecule has 30 heavy (non-hydrogen) atoms. The minimum absolute atomic E-state index is 0.182. The van der Waals surface area contributed by atoms with Crippen molar-refractivity contribution < 1.29 is 14.3 Å². The first kappa shape index (κ1) is 21.1. The number of aryl methyl sites for hydroxylation is 2. The van der Waals surface area contributed by atoms with Crippen molar-refractivity contribution in [2.45, 2.75) is 26.9 Å². The van der Waals surface area contributed by atoms with Gasteiger partial charge in [-0.25, -0.2) is 4.68 Å². The fraction of sp³-hybridized carbons (Fsp3) is 0.333. The van der Waals surface area contributed by atoms with Crippen molar-refractivity contribution in [3.8, 4) is 22.8 Å². The van der Waals surface area contributed by atoms with Crippen LogP contribution in [-0.2, 0) is 24.9 Å². The number of hydrogen-bond donors (Lipinski definition) is 1. The summed E-state index contributed by atoms with van der Waals surface area (Å²) in [6.45, 7) is 4.00. The Bertz CT molecular complexity index is 1130. The quantitative estimate of drug-likeness (QED) is 0.634. The smallest absolute Gasteiger partial charge is 0.267 e. The third-order valence-corrected chi connectivity index (χ3v) is 4.96. The molecule has 158 valence electrons. The standard InChI is InChI=1S/C21H25N5O4/c1-13-16(14(2)25(3)23-13)11-22-20(27)12-26-21(28)9-7-17(24-26)15-6-8-18(29-4)19(10-15)30-5/h6-10H,11-12H2,1-5H3,(H,22,27). The molecule has 0 radical (unpaired) electrons. The van der Waals surface area contributed by atoms with Crippen LogP contribution in [0.1, 0.15) is 17.0 Å². The Balaban J connectivity index is 1.77. The van der Waals surface area contributed by atoms with E-state index in [0.717, 1.165) is 27.2 Å². The van der Waals surface area contributed by atoms with E-state index in [0.29, 0.717) is 23.7 Å². The second-order valence-corrected chi connectivity index (χ2v) is 6.83. The fourth-order valence-corrected chi connectivity index (χ4v) is 3.16. The molecule has 3 aromatic rings. The number of hydrogen-bond acceptors (Lipinski definition) is 6. The van der Waals surface area contributed by atoms with Crippen molar-refractivity contribution in [2.75, 3.05) is 14.2 Å². The second kappa shape index (κ2) is 8.81. The lowest BCUT2D eigenvalue weighted by atomic mass is 10.1. The Labute approximate surface area is 174 Å². The Morgan fingerprint density at radius 2 is 1.80 bits per heavy atom. The number of benzene rings is 1. The summed E-state index contributed by atoms with van der Waals surface area (Å²) < 4.78 is 13.5. The summed E-state index contributed by atoms with van der Waals surface area (Å²) in [5.74, 6) is 0.834. The van der Waals surface area contributed by atoms with E-state index in [4.69, 9.17) is 9.47 Å². The molecule has 0 aliphatic rings. The molecule has 9 nitrogen and oxygen atoms in total. The number of ether oxygens (including phenoxy) is 2. The fourth-order valence-electron chi connectivity index (χ4n) is 3.16. The van der Waals surface area contributed by atoms with Gasteiger partial charge in [0.15, 0.2) is 11.5 Å². The van der Waals surface area contributed by atoms with Gasteiger partial charge in [-0.1, -0.05) is 0 Å². The number of methoxy groups -OCH3 is 2. The molecule has 2 heterocycles. The Morgan fingerprint density at radius 3 is 2.43 bits per heavy atom. The highest BCUT2D eigenvalue weighted by molar-refractivity contribution is 5.75. The molecular formula is C21H25N5O4. The lowest BCUT2D eigenvalue weighted by molar-refractivity contribution is -0.122. The van der Waals surface area contributed by atoms with Crippen LogP contribution >= 0.6 is 0 Å². The summed E-state index contributed by atoms with van der Waals surface area (Å²) in [7, 11) is 4.96. The number of rotatable bonds is 7. The third kappa shape index (κ3) is 4.35. The molecule has 1 N–H and O–H groups in total. The van der Waals surface area contributed by atoms with Crippen LogP contribution in [0.2, 0.25) is 0 Å². The first-order valence-electron chi connectivity index (χ1n) is 9.40. The minimum atomic E-state index is -0.358. The molecule has 0 saturated heterocycles. The number of carbonyl (C=O) groups is 1. The topological polar surface area (TPSA) is 100 Å². The van der Waals surface area contributed by atoms with Gasteiger partial charge in [0.2, 0.25) is 5.91 Å². The number of nitrogens with one attached hydrogen (secondary N) is 1. The average Bonchev–Trinajstić information content (AvgIpc) is 2.98. The van der Waals surface area contributed by atoms with Gasteiger partial charge in [-0.2, -0.15) is 10.2 Å². The van der Waals surface area contributed by atoms with E-state index in [9.17, 15) is 9.59 Å². The Morgan fingerprint density at radius 1 is 1.07 bits per heavy atom. The molecule has 0 aliphatic carbocycles. The molecule has 0 atom stereocenters. The molecule has 1 amide bonds. The first-order valence-corrected chi connectivity index (χ1v) is 9.40. The van der Waals surface area contributed by atoms with Gasteiger partial charge in [-0.15, -0.1) is 0 Å². The molecular weight excluding hydrogens is 386 g/mol. The molecule has 0 saturated carbocycles. The van der Waals surface area contributed by atoms with Crippen LogP contribution in [0.3, 0.4) is 0 Å². The molecule has 1 aromatic carbocycles. The summed E-state index contributed by atoms with van der Waals surface area (Å²) in [4.78, 5) is 24.6. The van der Waals surface area contributed by atoms with Crippen LogP contribution in [0.15, 0.2) is 35.1 Å². The van der Waals surface area contributed by atoms with Crippen molar-refractivity contribution in [2.24, 2.45) is 7.05 Å². The van der Waals surface area contributed by atoms with Crippen LogP contribution in [0, 0.1) is 13.8 Å². The Kier molecular flexibility index (Phi) is 6.20. The predicted molar refractivity (Wildman–Crippen MR) is 112 cm³/mol. The van der Waals surface area contributed by atoms with Crippen LogP contribution in [-0.4, -0.2) is 39.7 Å². The summed E-state index contributed by atoms with van der Waals surface area (Å²) >= 11 is 0. The van der Waals surface area contributed by atoms with Gasteiger partial charge in [0.05, 0.1) is 25.6 Å². The lowest BCUT2D eigenvalue weighted by Gasteiger charge is -2.11. The van der Waals surface area contributed by atoms with Gasteiger partial charge in [-0.3, -0.25) is 14.3 Å². The highest BCUT2D eigenvalue weighted by Gasteiger charge is 2.13. The van der Waals surface area contributed by atoms with E-state index in [1.807, 2.05) is 27.0 Å². The molecule has 2 aromatic heterocycles. The van der Waals surface area contributed by atoms with Gasteiger partial charge >= 0.3 is 0 Å². The van der Waals surface area contributed by atoms with Crippen LogP contribution in [0.4, 0.5) is 0 Å². The average molecular weight is 411 g/mol. The van der Waals surface area contributed by atoms with Gasteiger partial charge in [-0.05, 0) is 38.1 Å². The maximum Gasteiger partial charge on any atom is 0.267 e. The number of amides is 1. The summed E-state index contributed by atoms with van der Waals surface area (Å²) in [6.07, 6.45) is 0. The van der Waals surface area contributed by atoms with Crippen LogP contribution in [0.25, 0.3) is 11.3 Å². The molecule has 9 heteroatoms. The highest BCUT2D eigenvalue weighted by atomic mass is 16.5. The third-order valence-electron chi connectivity index (χ3n) is 4.96. The molecule has 0 aliphatic heterocycles. The van der Waals surface area contributed by atoms with E-state index in [1.165, 1.54) is 6.07 Å². The molecule has 0 spiro atoms. The maximum absolute atomic E-state index is 12.4. The van der Waals surface area contributed by atoms with Crippen molar-refractivity contribution >= 4 is 5.91 Å². The zero-order valence-electron chi connectivity index (χ0n) is 17.7. The predicted octanol–water partition coefficient (Wildman–Crippen LogP) is 1.59. The van der Waals surface area contributed by atoms with E-state index >= 15 is 0 Å². The number of carbonyl (C=O) groups excluding carboxylic acids is 1. The van der Waals surface area contributed by atoms with Crippen molar-refractivity contribution in [3.63, 3.8) is 0 Å². The van der Waals surface area contributed by atoms with E-state index in [1.54, 1.807) is 37.1 Å². The Hall–Kier alpha value is -3.62. The largest absolute Gasteiger partial charge is 0.493 e. The summed E-state index contributed by atoms with van der Waals surface area (Å²) in [6, 6.07) is 8.34. The van der Waals surface area contributed by atoms with Gasteiger partial charge in [0.25, 0.3) is 5.56 Å². The van der Waals surface area contributed by atoms with Crippen molar-refractivity contribution in [1.29, 1.82) is 0 Å². The minimum Gasteiger partial charge on any atom is -0.493 e. The van der Waals surface area contributed by atoms with Gasteiger partial charge in [0.1, 0.15) is 6.54 Å². The normalized spacial score (nSPS) is 10.7.